The zero-order valence-electron chi connectivity index (χ0n) is 8.65. The van der Waals surface area contributed by atoms with Crippen molar-refractivity contribution in [2.45, 2.75) is 25.3 Å². The molecule has 1 amide bonds. The third-order valence-corrected chi connectivity index (χ3v) is 3.42. The monoisotopic (exact) mass is 228 g/mol. The third-order valence-electron chi connectivity index (χ3n) is 3.14. The number of carbonyl (C=O) groups is 1. The van der Waals surface area contributed by atoms with Gasteiger partial charge >= 0.3 is 0 Å². The van der Waals surface area contributed by atoms with E-state index in [9.17, 15) is 4.79 Å². The number of nitrogens with zero attached hydrogens (tertiary/aromatic N) is 1. The van der Waals surface area contributed by atoms with Crippen molar-refractivity contribution in [2.75, 3.05) is 19.8 Å². The van der Waals surface area contributed by atoms with Crippen LogP contribution in [0, 0.1) is 5.92 Å². The highest BCUT2D eigenvalue weighted by Gasteiger charge is 2.35. The lowest BCUT2D eigenvalue weighted by molar-refractivity contribution is -0.135. The second-order valence-electron chi connectivity index (χ2n) is 4.15. The molecule has 0 aromatic rings. The first kappa shape index (κ1) is 10.8. The van der Waals surface area contributed by atoms with Crippen LogP contribution >= 0.6 is 12.2 Å². The summed E-state index contributed by atoms with van der Waals surface area (Å²) in [6, 6.07) is -0.0203. The van der Waals surface area contributed by atoms with Crippen molar-refractivity contribution in [1.82, 2.24) is 4.90 Å². The summed E-state index contributed by atoms with van der Waals surface area (Å²) in [6.45, 7) is 2.04. The Morgan fingerprint density at radius 3 is 2.87 bits per heavy atom. The topological polar surface area (TPSA) is 55.6 Å². The molecule has 0 radical (unpaired) electrons. The first-order valence-electron chi connectivity index (χ1n) is 5.37. The molecule has 2 heterocycles. The summed E-state index contributed by atoms with van der Waals surface area (Å²) < 4.78 is 5.22. The molecule has 5 heteroatoms. The van der Waals surface area contributed by atoms with Gasteiger partial charge in [0.05, 0.1) is 23.6 Å². The van der Waals surface area contributed by atoms with Gasteiger partial charge in [0.15, 0.2) is 0 Å². The van der Waals surface area contributed by atoms with E-state index in [-0.39, 0.29) is 17.9 Å². The van der Waals surface area contributed by atoms with Crippen LogP contribution in [0.5, 0.6) is 0 Å². The maximum Gasteiger partial charge on any atom is 0.228 e. The molecule has 2 N–H and O–H groups in total. The maximum absolute atomic E-state index is 12.1. The smallest absolute Gasteiger partial charge is 0.228 e. The molecular weight excluding hydrogens is 212 g/mol. The zero-order valence-corrected chi connectivity index (χ0v) is 9.46. The number of carbonyl (C=O) groups excluding carboxylic acids is 1. The largest absolute Gasteiger partial charge is 0.392 e. The van der Waals surface area contributed by atoms with Gasteiger partial charge in [0, 0.05) is 13.2 Å². The van der Waals surface area contributed by atoms with Gasteiger partial charge in [0.1, 0.15) is 0 Å². The molecule has 2 saturated heterocycles. The number of thiocarbonyl (C=S) groups is 1. The van der Waals surface area contributed by atoms with Gasteiger partial charge < -0.3 is 15.4 Å². The number of hydrogen-bond donors (Lipinski definition) is 1. The average molecular weight is 228 g/mol. The zero-order chi connectivity index (χ0) is 10.8. The van der Waals surface area contributed by atoms with Crippen LogP contribution in [0.15, 0.2) is 0 Å². The fourth-order valence-electron chi connectivity index (χ4n) is 2.29. The Hall–Kier alpha value is -0.680. The highest BCUT2D eigenvalue weighted by Crippen LogP contribution is 2.23. The quantitative estimate of drug-likeness (QED) is 0.691. The lowest BCUT2D eigenvalue weighted by atomic mass is 10.1. The van der Waals surface area contributed by atoms with Gasteiger partial charge in [-0.1, -0.05) is 12.2 Å². The highest BCUT2D eigenvalue weighted by atomic mass is 32.1. The summed E-state index contributed by atoms with van der Waals surface area (Å²) in [5.74, 6) is 0.197. The molecule has 2 rings (SSSR count). The van der Waals surface area contributed by atoms with Crippen LogP contribution in [0.3, 0.4) is 0 Å². The van der Waals surface area contributed by atoms with Gasteiger partial charge in [-0.05, 0) is 19.3 Å². The van der Waals surface area contributed by atoms with Crippen molar-refractivity contribution >= 4 is 23.1 Å². The minimum atomic E-state index is -0.0203. The van der Waals surface area contributed by atoms with E-state index in [0.717, 1.165) is 25.8 Å². The molecule has 2 atom stereocenters. The molecule has 0 spiro atoms. The summed E-state index contributed by atoms with van der Waals surface area (Å²) in [4.78, 5) is 14.4. The third kappa shape index (κ3) is 2.13. The fourth-order valence-corrected chi connectivity index (χ4v) is 2.54. The number of likely N-dealkylation sites (tertiary alicyclic amines) is 1. The summed E-state index contributed by atoms with van der Waals surface area (Å²) in [5, 5.41) is 0. The van der Waals surface area contributed by atoms with Crippen LogP contribution in [0.2, 0.25) is 0 Å². The van der Waals surface area contributed by atoms with Crippen molar-refractivity contribution in [3.8, 4) is 0 Å². The van der Waals surface area contributed by atoms with Crippen molar-refractivity contribution in [3.63, 3.8) is 0 Å². The van der Waals surface area contributed by atoms with Crippen LogP contribution in [0.4, 0.5) is 0 Å². The van der Waals surface area contributed by atoms with Crippen molar-refractivity contribution in [2.24, 2.45) is 11.7 Å². The lowest BCUT2D eigenvalue weighted by Crippen LogP contribution is -2.45. The number of ether oxygens (including phenoxy) is 1. The van der Waals surface area contributed by atoms with Crippen molar-refractivity contribution in [3.05, 3.63) is 0 Å². The Labute approximate surface area is 94.7 Å². The van der Waals surface area contributed by atoms with E-state index in [4.69, 9.17) is 22.7 Å². The molecule has 15 heavy (non-hydrogen) atoms. The minimum Gasteiger partial charge on any atom is -0.392 e. The molecule has 4 nitrogen and oxygen atoms in total. The minimum absolute atomic E-state index is 0.0203. The Morgan fingerprint density at radius 1 is 1.47 bits per heavy atom. The van der Waals surface area contributed by atoms with Crippen molar-refractivity contribution in [1.29, 1.82) is 0 Å². The van der Waals surface area contributed by atoms with E-state index in [1.54, 1.807) is 0 Å². The first-order valence-corrected chi connectivity index (χ1v) is 5.78. The van der Waals surface area contributed by atoms with Crippen LogP contribution in [0.1, 0.15) is 19.3 Å². The predicted molar refractivity (Wildman–Crippen MR) is 60.4 cm³/mol. The Balaban J connectivity index is 2.02. The summed E-state index contributed by atoms with van der Waals surface area (Å²) >= 11 is 4.98. The molecule has 0 bridgehead atoms. The number of rotatable bonds is 2. The van der Waals surface area contributed by atoms with E-state index >= 15 is 0 Å². The highest BCUT2D eigenvalue weighted by molar-refractivity contribution is 7.80. The number of hydrogen-bond acceptors (Lipinski definition) is 3. The van der Waals surface area contributed by atoms with Gasteiger partial charge in [-0.2, -0.15) is 0 Å². The summed E-state index contributed by atoms with van der Waals surface area (Å²) in [7, 11) is 0. The standard InChI is InChI=1S/C10H16N2O2S/c11-9(15)8-2-1-4-12(8)10(13)7-3-5-14-6-7/h7-8H,1-6H2,(H2,11,15). The molecule has 2 aliphatic rings. The SMILES string of the molecule is NC(=S)C1CCCN1C(=O)C1CCOC1. The van der Waals surface area contributed by atoms with E-state index in [1.807, 2.05) is 4.90 Å². The molecule has 0 aromatic carbocycles. The second kappa shape index (κ2) is 4.45. The van der Waals surface area contributed by atoms with Gasteiger partial charge in [0.25, 0.3) is 0 Å². The van der Waals surface area contributed by atoms with Crippen LogP contribution in [-0.4, -0.2) is 41.6 Å². The molecule has 84 valence electrons. The maximum atomic E-state index is 12.1. The Kier molecular flexibility index (Phi) is 3.21. The van der Waals surface area contributed by atoms with Crippen LogP contribution in [0.25, 0.3) is 0 Å². The first-order chi connectivity index (χ1) is 7.20. The van der Waals surface area contributed by atoms with Gasteiger partial charge in [-0.3, -0.25) is 4.79 Å². The number of amides is 1. The second-order valence-corrected chi connectivity index (χ2v) is 4.62. The number of nitrogens with two attached hydrogens (primary N) is 1. The van der Waals surface area contributed by atoms with E-state index in [1.165, 1.54) is 0 Å². The van der Waals surface area contributed by atoms with E-state index < -0.39 is 0 Å². The van der Waals surface area contributed by atoms with Gasteiger partial charge in [-0.15, -0.1) is 0 Å². The Bertz CT molecular complexity index is 277. The van der Waals surface area contributed by atoms with Crippen LogP contribution < -0.4 is 5.73 Å². The van der Waals surface area contributed by atoms with E-state index in [2.05, 4.69) is 0 Å². The molecule has 0 aromatic heterocycles. The van der Waals surface area contributed by atoms with Crippen LogP contribution in [-0.2, 0) is 9.53 Å². The van der Waals surface area contributed by atoms with E-state index in [0.29, 0.717) is 18.2 Å². The molecule has 0 saturated carbocycles. The predicted octanol–water partition coefficient (Wildman–Crippen LogP) is 0.300. The molecule has 0 aliphatic carbocycles. The molecule has 2 fully saturated rings. The lowest BCUT2D eigenvalue weighted by Gasteiger charge is -2.26. The van der Waals surface area contributed by atoms with Gasteiger partial charge in [0.2, 0.25) is 5.91 Å². The fraction of sp³-hybridized carbons (Fsp3) is 0.800. The van der Waals surface area contributed by atoms with Crippen molar-refractivity contribution < 1.29 is 9.53 Å². The van der Waals surface area contributed by atoms with Gasteiger partial charge in [-0.25, -0.2) is 0 Å². The Morgan fingerprint density at radius 2 is 2.27 bits per heavy atom. The summed E-state index contributed by atoms with van der Waals surface area (Å²) in [6.07, 6.45) is 2.75. The average Bonchev–Trinajstić information content (AvgIpc) is 2.88. The summed E-state index contributed by atoms with van der Waals surface area (Å²) in [5.41, 5.74) is 5.63. The molecular formula is C10H16N2O2S. The molecule has 2 unspecified atom stereocenters. The normalized spacial score (nSPS) is 30.8. The molecule has 2 aliphatic heterocycles.